The quantitative estimate of drug-likeness (QED) is 0.408. The van der Waals surface area contributed by atoms with Crippen LogP contribution in [-0.4, -0.2) is 56.7 Å². The lowest BCUT2D eigenvalue weighted by Gasteiger charge is -2.36. The summed E-state index contributed by atoms with van der Waals surface area (Å²) < 4.78 is 5.24. The molecule has 7 heteroatoms. The third-order valence-electron chi connectivity index (χ3n) is 4.86. The van der Waals surface area contributed by atoms with Crippen LogP contribution in [0.3, 0.4) is 0 Å². The van der Waals surface area contributed by atoms with Crippen molar-refractivity contribution in [2.75, 3.05) is 50.8 Å². The fourth-order valence-corrected chi connectivity index (χ4v) is 3.11. The van der Waals surface area contributed by atoms with Gasteiger partial charge in [-0.25, -0.2) is 0 Å². The highest BCUT2D eigenvalue weighted by Crippen LogP contribution is 2.24. The molecule has 1 saturated heterocycles. The van der Waals surface area contributed by atoms with Gasteiger partial charge in [-0.2, -0.15) is 5.26 Å². The van der Waals surface area contributed by atoms with Gasteiger partial charge in [0.2, 0.25) is 0 Å². The Kier molecular flexibility index (Phi) is 10.4. The normalized spacial score (nSPS) is 14.3. The molecule has 1 N–H and O–H groups in total. The van der Waals surface area contributed by atoms with Gasteiger partial charge in [0, 0.05) is 57.8 Å². The van der Waals surface area contributed by atoms with E-state index >= 15 is 0 Å². The van der Waals surface area contributed by atoms with E-state index < -0.39 is 0 Å². The Morgan fingerprint density at radius 2 is 2.00 bits per heavy atom. The van der Waals surface area contributed by atoms with Crippen molar-refractivity contribution < 1.29 is 9.53 Å². The van der Waals surface area contributed by atoms with Crippen LogP contribution >= 0.6 is 12.4 Å². The minimum absolute atomic E-state index is 0. The number of aryl methyl sites for hydroxylation is 1. The zero-order valence-electron chi connectivity index (χ0n) is 17.0. The largest absolute Gasteiger partial charge is 0.382 e. The molecule has 6 nitrogen and oxygen atoms in total. The fourth-order valence-electron chi connectivity index (χ4n) is 3.11. The van der Waals surface area contributed by atoms with Gasteiger partial charge in [0.25, 0.3) is 5.91 Å². The van der Waals surface area contributed by atoms with Crippen LogP contribution in [0.1, 0.15) is 24.5 Å². The smallest absolute Gasteiger partial charge is 0.263 e. The minimum atomic E-state index is -0.314. The summed E-state index contributed by atoms with van der Waals surface area (Å²) in [6.45, 7) is 11.3. The molecular weight excluding hydrogens is 376 g/mol. The molecule has 1 amide bonds. The summed E-state index contributed by atoms with van der Waals surface area (Å²) in [5.41, 5.74) is 4.03. The maximum absolute atomic E-state index is 12.2. The van der Waals surface area contributed by atoms with Gasteiger partial charge < -0.3 is 19.9 Å². The van der Waals surface area contributed by atoms with Crippen molar-refractivity contribution in [1.29, 1.82) is 5.26 Å². The lowest BCUT2D eigenvalue weighted by molar-refractivity contribution is -0.117. The van der Waals surface area contributed by atoms with Gasteiger partial charge in [-0.3, -0.25) is 4.79 Å². The number of rotatable bonds is 8. The van der Waals surface area contributed by atoms with Gasteiger partial charge >= 0.3 is 0 Å². The number of hydrogen-bond acceptors (Lipinski definition) is 5. The van der Waals surface area contributed by atoms with Crippen LogP contribution in [0.4, 0.5) is 5.69 Å². The average molecular weight is 407 g/mol. The van der Waals surface area contributed by atoms with E-state index in [9.17, 15) is 10.1 Å². The molecule has 2 rings (SSSR count). The molecule has 0 aromatic heterocycles. The zero-order valence-corrected chi connectivity index (χ0v) is 17.8. The molecule has 0 radical (unpaired) electrons. The second-order valence-corrected chi connectivity index (χ2v) is 6.70. The van der Waals surface area contributed by atoms with Gasteiger partial charge in [-0.15, -0.1) is 12.4 Å². The number of nitrogens with one attached hydrogen (secondary N) is 1. The predicted octanol–water partition coefficient (Wildman–Crippen LogP) is 2.80. The number of nitrogens with zero attached hydrogens (tertiary/aromatic N) is 3. The molecule has 0 spiro atoms. The monoisotopic (exact) mass is 406 g/mol. The highest BCUT2D eigenvalue weighted by Gasteiger charge is 2.18. The Bertz CT molecular complexity index is 707. The molecule has 154 valence electrons. The maximum Gasteiger partial charge on any atom is 0.263 e. The number of ether oxygens (including phenoxy) is 1. The first-order valence-corrected chi connectivity index (χ1v) is 9.60. The van der Waals surface area contributed by atoms with Crippen LogP contribution in [0.15, 0.2) is 30.0 Å². The lowest BCUT2D eigenvalue weighted by atomic mass is 10.1. The molecule has 0 unspecified atom stereocenters. The van der Waals surface area contributed by atoms with Gasteiger partial charge in [0.1, 0.15) is 11.6 Å². The SMILES string of the molecule is CCOCCCNC(=O)/C(C#N)=C\N1CCN(c2cccc(C)c2C)CC1.Cl. The number of hydrogen-bond donors (Lipinski definition) is 1. The molecule has 1 aliphatic heterocycles. The molecule has 1 aliphatic rings. The van der Waals surface area contributed by atoms with Crippen LogP contribution in [0, 0.1) is 25.2 Å². The molecule has 0 atom stereocenters. The Balaban J connectivity index is 0.00000392. The molecular formula is C21H31ClN4O2. The second-order valence-electron chi connectivity index (χ2n) is 6.70. The fraction of sp³-hybridized carbons (Fsp3) is 0.524. The van der Waals surface area contributed by atoms with Crippen molar-refractivity contribution in [1.82, 2.24) is 10.2 Å². The number of carbonyl (C=O) groups is 1. The van der Waals surface area contributed by atoms with E-state index in [1.165, 1.54) is 16.8 Å². The number of halogens is 1. The van der Waals surface area contributed by atoms with Crippen LogP contribution in [-0.2, 0) is 9.53 Å². The molecule has 1 aromatic carbocycles. The first kappa shape index (κ1) is 23.8. The number of piperazine rings is 1. The van der Waals surface area contributed by atoms with Crippen molar-refractivity contribution >= 4 is 24.0 Å². The van der Waals surface area contributed by atoms with Crippen molar-refractivity contribution in [3.8, 4) is 6.07 Å². The third-order valence-corrected chi connectivity index (χ3v) is 4.86. The Hall–Kier alpha value is -2.23. The molecule has 1 fully saturated rings. The van der Waals surface area contributed by atoms with Crippen molar-refractivity contribution in [2.24, 2.45) is 0 Å². The van der Waals surface area contributed by atoms with Gasteiger partial charge in [-0.1, -0.05) is 12.1 Å². The molecule has 1 heterocycles. The predicted molar refractivity (Wildman–Crippen MR) is 115 cm³/mol. The number of amides is 1. The molecule has 28 heavy (non-hydrogen) atoms. The highest BCUT2D eigenvalue weighted by molar-refractivity contribution is 5.97. The number of benzene rings is 1. The average Bonchev–Trinajstić information content (AvgIpc) is 2.68. The highest BCUT2D eigenvalue weighted by atomic mass is 35.5. The number of anilines is 1. The first-order valence-electron chi connectivity index (χ1n) is 9.60. The molecule has 1 aromatic rings. The van der Waals surface area contributed by atoms with E-state index in [2.05, 4.69) is 47.2 Å². The first-order chi connectivity index (χ1) is 13.1. The van der Waals surface area contributed by atoms with E-state index in [0.717, 1.165) is 32.6 Å². The summed E-state index contributed by atoms with van der Waals surface area (Å²) >= 11 is 0. The third kappa shape index (κ3) is 6.74. The summed E-state index contributed by atoms with van der Waals surface area (Å²) in [7, 11) is 0. The zero-order chi connectivity index (χ0) is 19.6. The summed E-state index contributed by atoms with van der Waals surface area (Å²) in [6.07, 6.45) is 2.44. The van der Waals surface area contributed by atoms with Crippen LogP contribution in [0.25, 0.3) is 0 Å². The topological polar surface area (TPSA) is 68.6 Å². The van der Waals surface area contributed by atoms with Crippen molar-refractivity contribution in [3.05, 3.63) is 41.1 Å². The van der Waals surface area contributed by atoms with E-state index in [-0.39, 0.29) is 23.9 Å². The summed E-state index contributed by atoms with van der Waals surface area (Å²) in [5.74, 6) is -0.314. The summed E-state index contributed by atoms with van der Waals surface area (Å²) in [5, 5.41) is 12.1. The maximum atomic E-state index is 12.2. The van der Waals surface area contributed by atoms with Crippen LogP contribution in [0.5, 0.6) is 0 Å². The second kappa shape index (κ2) is 12.3. The van der Waals surface area contributed by atoms with Crippen molar-refractivity contribution in [2.45, 2.75) is 27.2 Å². The van der Waals surface area contributed by atoms with E-state index in [0.29, 0.717) is 19.8 Å². The van der Waals surface area contributed by atoms with E-state index in [1.807, 2.05) is 13.0 Å². The van der Waals surface area contributed by atoms with Crippen molar-refractivity contribution in [3.63, 3.8) is 0 Å². The Morgan fingerprint density at radius 3 is 2.64 bits per heavy atom. The van der Waals surface area contributed by atoms with Gasteiger partial charge in [0.15, 0.2) is 0 Å². The van der Waals surface area contributed by atoms with Crippen LogP contribution < -0.4 is 10.2 Å². The standard InChI is InChI=1S/C21H30N4O2.ClH/c1-4-27-14-6-9-23-21(26)19(15-22)16-24-10-12-25(13-11-24)20-8-5-7-17(2)18(20)3;/h5,7-8,16H,4,6,9-14H2,1-3H3,(H,23,26);1H/b19-16-;. The van der Waals surface area contributed by atoms with E-state index in [4.69, 9.17) is 4.74 Å². The van der Waals surface area contributed by atoms with Gasteiger partial charge in [0.05, 0.1) is 0 Å². The van der Waals surface area contributed by atoms with Crippen LogP contribution in [0.2, 0.25) is 0 Å². The van der Waals surface area contributed by atoms with Gasteiger partial charge in [-0.05, 0) is 44.4 Å². The molecule has 0 aliphatic carbocycles. The Labute approximate surface area is 174 Å². The summed E-state index contributed by atoms with van der Waals surface area (Å²) in [6, 6.07) is 8.40. The van der Waals surface area contributed by atoms with E-state index in [1.54, 1.807) is 6.20 Å². The number of carbonyl (C=O) groups excluding carboxylic acids is 1. The number of nitriles is 1. The summed E-state index contributed by atoms with van der Waals surface area (Å²) in [4.78, 5) is 16.6. The molecule has 0 bridgehead atoms. The lowest BCUT2D eigenvalue weighted by Crippen LogP contribution is -2.44. The molecule has 0 saturated carbocycles. The minimum Gasteiger partial charge on any atom is -0.382 e. The Morgan fingerprint density at radius 1 is 1.29 bits per heavy atom.